The number of unbranched alkanes of at least 4 members (excludes halogenated alkanes) is 19. The van der Waals surface area contributed by atoms with Gasteiger partial charge in [-0.05, 0) is 64.2 Å². The molecule has 8 nitrogen and oxygen atoms in total. The van der Waals surface area contributed by atoms with Gasteiger partial charge in [-0.3, -0.25) is 9.59 Å². The molecule has 0 aliphatic rings. The summed E-state index contributed by atoms with van der Waals surface area (Å²) in [5.74, 6) is -1.76. The van der Waals surface area contributed by atoms with Crippen LogP contribution in [-0.2, 0) is 28.6 Å². The van der Waals surface area contributed by atoms with Crippen molar-refractivity contribution in [2.24, 2.45) is 0 Å². The lowest BCUT2D eigenvalue weighted by Gasteiger charge is -2.34. The Kier molecular flexibility index (Phi) is 35.8. The number of allylic oxidation sites excluding steroid dienone is 6. The Hall–Kier alpha value is -2.45. The highest BCUT2D eigenvalue weighted by Crippen LogP contribution is 2.14. The quantitative estimate of drug-likeness (QED) is 0.0266. The van der Waals surface area contributed by atoms with E-state index in [0.717, 1.165) is 83.5 Å². The van der Waals surface area contributed by atoms with Crippen molar-refractivity contribution in [2.45, 2.75) is 199 Å². The molecule has 0 bridgehead atoms. The molecule has 0 saturated heterocycles. The zero-order valence-electron chi connectivity index (χ0n) is 35.6. The van der Waals surface area contributed by atoms with Gasteiger partial charge < -0.3 is 28.6 Å². The van der Waals surface area contributed by atoms with Crippen LogP contribution in [0.5, 0.6) is 0 Å². The van der Waals surface area contributed by atoms with Crippen LogP contribution in [-0.4, -0.2) is 75.5 Å². The van der Waals surface area contributed by atoms with E-state index in [-0.39, 0.29) is 42.7 Å². The van der Waals surface area contributed by atoms with E-state index >= 15 is 0 Å². The summed E-state index contributed by atoms with van der Waals surface area (Å²) in [6, 6.07) is -0.728. The molecule has 0 amide bonds. The van der Waals surface area contributed by atoms with Crippen molar-refractivity contribution in [3.63, 3.8) is 0 Å². The van der Waals surface area contributed by atoms with Gasteiger partial charge in [0.25, 0.3) is 0 Å². The summed E-state index contributed by atoms with van der Waals surface area (Å²) in [5, 5.41) is 11.6. The molecule has 0 fully saturated rings. The van der Waals surface area contributed by atoms with Crippen molar-refractivity contribution < 1.29 is 38.2 Å². The van der Waals surface area contributed by atoms with E-state index < -0.39 is 18.1 Å². The molecule has 8 heteroatoms. The van der Waals surface area contributed by atoms with Gasteiger partial charge in [0.15, 0.2) is 6.10 Å². The number of carboxylic acid groups (broad SMARTS) is 1. The molecule has 0 saturated carbocycles. The first kappa shape index (κ1) is 51.5. The van der Waals surface area contributed by atoms with Gasteiger partial charge in [-0.2, -0.15) is 0 Å². The first-order chi connectivity index (χ1) is 26.1. The van der Waals surface area contributed by atoms with Crippen molar-refractivity contribution in [1.29, 1.82) is 0 Å². The molecule has 0 aliphatic carbocycles. The van der Waals surface area contributed by atoms with E-state index in [9.17, 15) is 19.5 Å². The largest absolute Gasteiger partial charge is 0.544 e. The maximum absolute atomic E-state index is 12.7. The minimum atomic E-state index is -1.13. The van der Waals surface area contributed by atoms with Gasteiger partial charge in [0.1, 0.15) is 12.6 Å². The molecule has 0 aromatic heterocycles. The lowest BCUT2D eigenvalue weighted by molar-refractivity contribution is -0.889. The summed E-state index contributed by atoms with van der Waals surface area (Å²) >= 11 is 0. The second kappa shape index (κ2) is 37.5. The molecule has 2 unspecified atom stereocenters. The van der Waals surface area contributed by atoms with Crippen LogP contribution in [0.4, 0.5) is 0 Å². The fourth-order valence-electron chi connectivity index (χ4n) is 6.34. The topological polar surface area (TPSA) is 102 Å². The van der Waals surface area contributed by atoms with Crippen LogP contribution in [0, 0.1) is 0 Å². The van der Waals surface area contributed by atoms with Gasteiger partial charge in [0, 0.05) is 19.3 Å². The highest BCUT2D eigenvalue weighted by atomic mass is 16.6. The van der Waals surface area contributed by atoms with Gasteiger partial charge in [-0.1, -0.05) is 140 Å². The maximum atomic E-state index is 12.7. The molecule has 0 aliphatic heterocycles. The van der Waals surface area contributed by atoms with E-state index in [1.807, 2.05) is 0 Å². The summed E-state index contributed by atoms with van der Waals surface area (Å²) in [6.45, 7) is 4.53. The molecule has 314 valence electrons. The number of carboxylic acids is 1. The van der Waals surface area contributed by atoms with Crippen LogP contribution in [0.2, 0.25) is 0 Å². The third-order valence-corrected chi connectivity index (χ3v) is 9.76. The van der Waals surface area contributed by atoms with Crippen molar-refractivity contribution >= 4 is 17.9 Å². The van der Waals surface area contributed by atoms with E-state index in [4.69, 9.17) is 14.2 Å². The number of ether oxygens (including phenoxy) is 3. The smallest absolute Gasteiger partial charge is 0.306 e. The number of carbonyl (C=O) groups excluding carboxylic acids is 3. The van der Waals surface area contributed by atoms with Crippen LogP contribution in [0.15, 0.2) is 36.5 Å². The Balaban J connectivity index is 4.34. The lowest BCUT2D eigenvalue weighted by atomic mass is 10.1. The summed E-state index contributed by atoms with van der Waals surface area (Å²) in [5.41, 5.74) is 0. The predicted octanol–water partition coefficient (Wildman–Crippen LogP) is 10.5. The Morgan fingerprint density at radius 2 is 1.04 bits per heavy atom. The van der Waals surface area contributed by atoms with Gasteiger partial charge in [-0.25, -0.2) is 0 Å². The third kappa shape index (κ3) is 35.3. The number of esters is 2. The van der Waals surface area contributed by atoms with E-state index in [0.29, 0.717) is 12.8 Å². The average Bonchev–Trinajstić information content (AvgIpc) is 3.12. The van der Waals surface area contributed by atoms with Gasteiger partial charge in [0.05, 0.1) is 40.3 Å². The number of likely N-dealkylation sites (N-methyl/N-ethyl adjacent to an activating group) is 1. The second-order valence-corrected chi connectivity index (χ2v) is 15.9. The number of rotatable bonds is 39. The van der Waals surface area contributed by atoms with Gasteiger partial charge in [-0.15, -0.1) is 0 Å². The van der Waals surface area contributed by atoms with Crippen LogP contribution in [0.25, 0.3) is 0 Å². The van der Waals surface area contributed by atoms with Gasteiger partial charge >= 0.3 is 11.9 Å². The standard InChI is InChI=1S/C46H83NO7/c1-6-8-10-12-14-16-18-20-21-22-23-24-25-27-29-31-33-35-37-45(49)54-42(40-52-39-38-43(46(50)51)47(3,4)5)41-53-44(48)36-34-32-30-28-26-19-17-15-13-11-9-7-2/h9,11,15,17,23-24,42-43H,6-8,10,12-14,16,18-22,25-41H2,1-5H3/b11-9+,17-15+,24-23+. The van der Waals surface area contributed by atoms with Crippen LogP contribution in [0.3, 0.4) is 0 Å². The monoisotopic (exact) mass is 762 g/mol. The van der Waals surface area contributed by atoms with Gasteiger partial charge in [0.2, 0.25) is 0 Å². The summed E-state index contributed by atoms with van der Waals surface area (Å²) < 4.78 is 17.1. The van der Waals surface area contributed by atoms with Crippen molar-refractivity contribution in [3.8, 4) is 0 Å². The minimum Gasteiger partial charge on any atom is -0.544 e. The summed E-state index contributed by atoms with van der Waals surface area (Å²) in [4.78, 5) is 36.8. The molecule has 54 heavy (non-hydrogen) atoms. The molecule has 0 aromatic carbocycles. The van der Waals surface area contributed by atoms with Crippen molar-refractivity contribution in [3.05, 3.63) is 36.5 Å². The predicted molar refractivity (Wildman–Crippen MR) is 222 cm³/mol. The van der Waals surface area contributed by atoms with Crippen molar-refractivity contribution in [1.82, 2.24) is 0 Å². The number of nitrogens with zero attached hydrogens (tertiary/aromatic N) is 1. The maximum Gasteiger partial charge on any atom is 0.306 e. The highest BCUT2D eigenvalue weighted by molar-refractivity contribution is 5.70. The number of aliphatic carboxylic acids is 1. The van der Waals surface area contributed by atoms with Crippen LogP contribution < -0.4 is 5.11 Å². The van der Waals surface area contributed by atoms with Crippen LogP contribution >= 0.6 is 0 Å². The normalized spacial score (nSPS) is 13.3. The number of hydrogen-bond donors (Lipinski definition) is 0. The molecule has 2 atom stereocenters. The molecule has 0 N–H and O–H groups in total. The Morgan fingerprint density at radius 3 is 1.54 bits per heavy atom. The molecule has 0 spiro atoms. The molecule has 0 rings (SSSR count). The first-order valence-corrected chi connectivity index (χ1v) is 22.0. The highest BCUT2D eigenvalue weighted by Gasteiger charge is 2.25. The summed E-state index contributed by atoms with van der Waals surface area (Å²) in [7, 11) is 5.40. The SMILES string of the molecule is CC/C=C/C/C=C/CCCCCCCC(=O)OCC(COCCC(C(=O)[O-])[N+](C)(C)C)OC(=O)CCCCCCC/C=C/CCCCCCCCCCC. The van der Waals surface area contributed by atoms with Crippen molar-refractivity contribution in [2.75, 3.05) is 41.0 Å². The number of carbonyl (C=O) groups is 3. The number of hydrogen-bond acceptors (Lipinski definition) is 7. The van der Waals surface area contributed by atoms with E-state index in [1.165, 1.54) is 70.6 Å². The molecule has 0 aromatic rings. The first-order valence-electron chi connectivity index (χ1n) is 22.0. The molecule has 0 heterocycles. The second-order valence-electron chi connectivity index (χ2n) is 15.9. The zero-order valence-corrected chi connectivity index (χ0v) is 35.6. The van der Waals surface area contributed by atoms with Crippen LogP contribution in [0.1, 0.15) is 187 Å². The molecular weight excluding hydrogens is 679 g/mol. The van der Waals surface area contributed by atoms with E-state index in [1.54, 1.807) is 21.1 Å². The number of quaternary nitrogens is 1. The Labute approximate surface area is 332 Å². The Morgan fingerprint density at radius 1 is 0.574 bits per heavy atom. The minimum absolute atomic E-state index is 0.0336. The lowest BCUT2D eigenvalue weighted by Crippen LogP contribution is -2.55. The zero-order chi connectivity index (χ0) is 40.0. The third-order valence-electron chi connectivity index (χ3n) is 9.76. The van der Waals surface area contributed by atoms with E-state index in [2.05, 4.69) is 50.3 Å². The molecule has 0 radical (unpaired) electrons. The summed E-state index contributed by atoms with van der Waals surface area (Å²) in [6.07, 6.45) is 41.7. The average molecular weight is 762 g/mol. The molecular formula is C46H83NO7. The fourth-order valence-corrected chi connectivity index (χ4v) is 6.34. The fraction of sp³-hybridized carbons (Fsp3) is 0.804. The Bertz CT molecular complexity index is 984.